The second-order valence-electron chi connectivity index (χ2n) is 6.05. The van der Waals surface area contributed by atoms with Gasteiger partial charge in [0.05, 0.1) is 0 Å². The van der Waals surface area contributed by atoms with E-state index in [9.17, 15) is 4.79 Å². The molecule has 98 valence electrons. The van der Waals surface area contributed by atoms with Crippen LogP contribution in [0.3, 0.4) is 0 Å². The Labute approximate surface area is 109 Å². The summed E-state index contributed by atoms with van der Waals surface area (Å²) in [4.78, 5) is 12.5. The summed E-state index contributed by atoms with van der Waals surface area (Å²) >= 11 is 0. The van der Waals surface area contributed by atoms with Gasteiger partial charge in [-0.05, 0) is 24.3 Å². The maximum Gasteiger partial charge on any atom is 0.168 e. The standard InChI is InChI=1S/C16H22O2/c1-16(2,3)15(17)14-7-5-4-6-13(14)12-8-10-18-11-9-12/h4-7,12H,8-11H2,1-3H3. The van der Waals surface area contributed by atoms with Crippen LogP contribution < -0.4 is 0 Å². The molecular weight excluding hydrogens is 224 g/mol. The van der Waals surface area contributed by atoms with Gasteiger partial charge in [0.25, 0.3) is 0 Å². The van der Waals surface area contributed by atoms with Crippen LogP contribution in [0, 0.1) is 5.41 Å². The van der Waals surface area contributed by atoms with Gasteiger partial charge in [-0.2, -0.15) is 0 Å². The Hall–Kier alpha value is -1.15. The van der Waals surface area contributed by atoms with Crippen molar-refractivity contribution in [1.82, 2.24) is 0 Å². The Bertz CT molecular complexity index is 423. The fourth-order valence-electron chi connectivity index (χ4n) is 2.47. The number of ether oxygens (including phenoxy) is 1. The smallest absolute Gasteiger partial charge is 0.168 e. The second kappa shape index (κ2) is 5.23. The summed E-state index contributed by atoms with van der Waals surface area (Å²) in [7, 11) is 0. The number of hydrogen-bond acceptors (Lipinski definition) is 2. The molecule has 0 atom stereocenters. The Balaban J connectivity index is 2.33. The SMILES string of the molecule is CC(C)(C)C(=O)c1ccccc1C1CCOCC1. The molecule has 1 fully saturated rings. The number of benzene rings is 1. The minimum Gasteiger partial charge on any atom is -0.381 e. The van der Waals surface area contributed by atoms with Crippen molar-refractivity contribution >= 4 is 5.78 Å². The molecule has 1 aromatic rings. The summed E-state index contributed by atoms with van der Waals surface area (Å²) in [5, 5.41) is 0. The lowest BCUT2D eigenvalue weighted by atomic mass is 9.80. The van der Waals surface area contributed by atoms with E-state index in [0.717, 1.165) is 31.6 Å². The van der Waals surface area contributed by atoms with Crippen LogP contribution in [-0.2, 0) is 4.74 Å². The Morgan fingerprint density at radius 1 is 1.17 bits per heavy atom. The van der Waals surface area contributed by atoms with Gasteiger partial charge in [-0.25, -0.2) is 0 Å². The van der Waals surface area contributed by atoms with Crippen molar-refractivity contribution in [1.29, 1.82) is 0 Å². The molecule has 2 nitrogen and oxygen atoms in total. The Morgan fingerprint density at radius 3 is 2.39 bits per heavy atom. The lowest BCUT2D eigenvalue weighted by Crippen LogP contribution is -2.23. The summed E-state index contributed by atoms with van der Waals surface area (Å²) in [6.07, 6.45) is 2.04. The Kier molecular flexibility index (Phi) is 3.86. The first-order chi connectivity index (χ1) is 8.50. The average molecular weight is 246 g/mol. The van der Waals surface area contributed by atoms with Crippen molar-refractivity contribution in [3.63, 3.8) is 0 Å². The highest BCUT2D eigenvalue weighted by atomic mass is 16.5. The zero-order chi connectivity index (χ0) is 13.2. The molecule has 0 bridgehead atoms. The molecule has 1 heterocycles. The summed E-state index contributed by atoms with van der Waals surface area (Å²) in [6.45, 7) is 7.56. The number of ketones is 1. The summed E-state index contributed by atoms with van der Waals surface area (Å²) < 4.78 is 5.40. The van der Waals surface area contributed by atoms with Gasteiger partial charge in [0.15, 0.2) is 5.78 Å². The third-order valence-corrected chi connectivity index (χ3v) is 3.55. The van der Waals surface area contributed by atoms with Crippen LogP contribution >= 0.6 is 0 Å². The second-order valence-corrected chi connectivity index (χ2v) is 6.05. The van der Waals surface area contributed by atoms with Crippen LogP contribution in [0.15, 0.2) is 24.3 Å². The van der Waals surface area contributed by atoms with Crippen LogP contribution in [0.4, 0.5) is 0 Å². The summed E-state index contributed by atoms with van der Waals surface area (Å²) in [5.74, 6) is 0.714. The van der Waals surface area contributed by atoms with E-state index in [1.54, 1.807) is 0 Å². The molecule has 0 unspecified atom stereocenters. The molecule has 18 heavy (non-hydrogen) atoms. The summed E-state index contributed by atoms with van der Waals surface area (Å²) in [6, 6.07) is 8.07. The van der Waals surface area contributed by atoms with Crippen LogP contribution in [0.5, 0.6) is 0 Å². The number of carbonyl (C=O) groups is 1. The molecule has 0 amide bonds. The minimum atomic E-state index is -0.318. The average Bonchev–Trinajstić information content (AvgIpc) is 2.38. The van der Waals surface area contributed by atoms with Crippen LogP contribution in [0.1, 0.15) is 55.5 Å². The normalized spacial score (nSPS) is 17.7. The van der Waals surface area contributed by atoms with E-state index in [4.69, 9.17) is 4.74 Å². The Morgan fingerprint density at radius 2 is 1.78 bits per heavy atom. The molecule has 1 saturated heterocycles. The monoisotopic (exact) mass is 246 g/mol. The van der Waals surface area contributed by atoms with Gasteiger partial charge >= 0.3 is 0 Å². The predicted molar refractivity (Wildman–Crippen MR) is 73.0 cm³/mol. The van der Waals surface area contributed by atoms with Gasteiger partial charge in [-0.3, -0.25) is 4.79 Å². The third kappa shape index (κ3) is 2.81. The number of carbonyl (C=O) groups excluding carboxylic acids is 1. The molecule has 2 heteroatoms. The quantitative estimate of drug-likeness (QED) is 0.742. The van der Waals surface area contributed by atoms with Gasteiger partial charge in [-0.15, -0.1) is 0 Å². The highest BCUT2D eigenvalue weighted by Gasteiger charge is 2.27. The van der Waals surface area contributed by atoms with Gasteiger partial charge in [-0.1, -0.05) is 45.0 Å². The first kappa shape index (κ1) is 13.3. The van der Waals surface area contributed by atoms with Crippen molar-refractivity contribution in [2.24, 2.45) is 5.41 Å². The van der Waals surface area contributed by atoms with E-state index < -0.39 is 0 Å². The fraction of sp³-hybridized carbons (Fsp3) is 0.562. The predicted octanol–water partition coefficient (Wildman–Crippen LogP) is 3.81. The van der Waals surface area contributed by atoms with Crippen molar-refractivity contribution in [3.05, 3.63) is 35.4 Å². The third-order valence-electron chi connectivity index (χ3n) is 3.55. The molecular formula is C16H22O2. The molecule has 0 N–H and O–H groups in total. The maximum absolute atomic E-state index is 12.5. The molecule has 1 aliphatic rings. The topological polar surface area (TPSA) is 26.3 Å². The van der Waals surface area contributed by atoms with Crippen molar-refractivity contribution in [2.75, 3.05) is 13.2 Å². The first-order valence-electron chi connectivity index (χ1n) is 6.71. The van der Waals surface area contributed by atoms with Crippen molar-refractivity contribution < 1.29 is 9.53 Å². The van der Waals surface area contributed by atoms with Crippen LogP contribution in [0.25, 0.3) is 0 Å². The summed E-state index contributed by atoms with van der Waals surface area (Å²) in [5.41, 5.74) is 1.79. The van der Waals surface area contributed by atoms with Crippen molar-refractivity contribution in [3.8, 4) is 0 Å². The molecule has 0 aliphatic carbocycles. The molecule has 0 radical (unpaired) electrons. The molecule has 2 rings (SSSR count). The number of rotatable bonds is 2. The number of hydrogen-bond donors (Lipinski definition) is 0. The lowest BCUT2D eigenvalue weighted by Gasteiger charge is -2.26. The highest BCUT2D eigenvalue weighted by molar-refractivity contribution is 6.01. The van der Waals surface area contributed by atoms with Crippen molar-refractivity contribution in [2.45, 2.75) is 39.5 Å². The molecule has 0 saturated carbocycles. The zero-order valence-corrected chi connectivity index (χ0v) is 11.5. The van der Waals surface area contributed by atoms with E-state index in [1.165, 1.54) is 5.56 Å². The van der Waals surface area contributed by atoms with Crippen LogP contribution in [-0.4, -0.2) is 19.0 Å². The zero-order valence-electron chi connectivity index (χ0n) is 11.5. The molecule has 0 aromatic heterocycles. The fourth-order valence-corrected chi connectivity index (χ4v) is 2.47. The van der Waals surface area contributed by atoms with E-state index in [0.29, 0.717) is 5.92 Å². The van der Waals surface area contributed by atoms with Gasteiger partial charge in [0.2, 0.25) is 0 Å². The van der Waals surface area contributed by atoms with Crippen LogP contribution in [0.2, 0.25) is 0 Å². The highest BCUT2D eigenvalue weighted by Crippen LogP contribution is 2.32. The van der Waals surface area contributed by atoms with E-state index in [1.807, 2.05) is 39.0 Å². The van der Waals surface area contributed by atoms with Gasteiger partial charge < -0.3 is 4.74 Å². The minimum absolute atomic E-state index is 0.240. The number of Topliss-reactive ketones (excluding diaryl/α,β-unsaturated/α-hetero) is 1. The van der Waals surface area contributed by atoms with E-state index in [-0.39, 0.29) is 11.2 Å². The molecule has 1 aromatic carbocycles. The molecule has 1 aliphatic heterocycles. The molecule has 0 spiro atoms. The lowest BCUT2D eigenvalue weighted by molar-refractivity contribution is 0.0817. The van der Waals surface area contributed by atoms with Gasteiger partial charge in [0, 0.05) is 24.2 Å². The van der Waals surface area contributed by atoms with Gasteiger partial charge in [0.1, 0.15) is 0 Å². The van der Waals surface area contributed by atoms with E-state index >= 15 is 0 Å². The van der Waals surface area contributed by atoms with E-state index in [2.05, 4.69) is 6.07 Å². The first-order valence-corrected chi connectivity index (χ1v) is 6.71. The maximum atomic E-state index is 12.5. The largest absolute Gasteiger partial charge is 0.381 e.